The Morgan fingerprint density at radius 1 is 1.27 bits per heavy atom. The van der Waals surface area contributed by atoms with Crippen molar-refractivity contribution in [2.24, 2.45) is 5.10 Å². The van der Waals surface area contributed by atoms with Crippen LogP contribution in [0.1, 0.15) is 51.4 Å². The minimum absolute atomic E-state index is 0.0453. The van der Waals surface area contributed by atoms with Crippen LogP contribution in [-0.4, -0.2) is 46.6 Å². The third-order valence-electron chi connectivity index (χ3n) is 5.59. The number of halogens is 1. The first-order chi connectivity index (χ1) is 17.6. The maximum Gasteiger partial charge on any atom is 0.346 e. The number of nitro groups is 1. The molecule has 11 nitrogen and oxygen atoms in total. The molecule has 0 saturated heterocycles. The molecule has 0 unspecified atom stereocenters. The van der Waals surface area contributed by atoms with Gasteiger partial charge in [-0.15, -0.1) is 0 Å². The number of ether oxygens (including phenoxy) is 3. The number of carbonyl (C=O) groups excluding carboxylic acids is 1. The summed E-state index contributed by atoms with van der Waals surface area (Å²) in [6.07, 6.45) is 0.929. The van der Waals surface area contributed by atoms with Crippen molar-refractivity contribution in [1.82, 2.24) is 9.66 Å². The second-order valence-electron chi connectivity index (χ2n) is 8.14. The Kier molecular flexibility index (Phi) is 8.98. The molecule has 0 N–H and O–H groups in total. The van der Waals surface area contributed by atoms with Crippen molar-refractivity contribution in [3.63, 3.8) is 0 Å². The second-order valence-corrected chi connectivity index (χ2v) is 9.06. The van der Waals surface area contributed by atoms with Crippen LogP contribution in [0.25, 0.3) is 10.9 Å². The molecule has 3 aromatic rings. The van der Waals surface area contributed by atoms with E-state index in [0.29, 0.717) is 23.1 Å². The van der Waals surface area contributed by atoms with Crippen LogP contribution >= 0.6 is 15.9 Å². The largest absolute Gasteiger partial charge is 0.490 e. The topological polar surface area (TPSA) is 135 Å². The molecule has 0 aliphatic heterocycles. The summed E-state index contributed by atoms with van der Waals surface area (Å²) < 4.78 is 17.7. The molecule has 0 bridgehead atoms. The van der Waals surface area contributed by atoms with Gasteiger partial charge in [-0.25, -0.2) is 9.78 Å². The molecule has 0 aliphatic rings. The van der Waals surface area contributed by atoms with Crippen molar-refractivity contribution in [1.29, 1.82) is 0 Å². The Morgan fingerprint density at radius 3 is 2.62 bits per heavy atom. The van der Waals surface area contributed by atoms with Crippen molar-refractivity contribution in [3.05, 3.63) is 66.7 Å². The van der Waals surface area contributed by atoms with Crippen LogP contribution in [0.2, 0.25) is 0 Å². The fraction of sp³-hybridized carbons (Fsp3) is 0.360. The molecule has 2 aromatic carbocycles. The van der Waals surface area contributed by atoms with Gasteiger partial charge in [-0.3, -0.25) is 14.9 Å². The molecule has 0 saturated carbocycles. The normalized spacial score (nSPS) is 12.9. The van der Waals surface area contributed by atoms with E-state index < -0.39 is 22.7 Å². The van der Waals surface area contributed by atoms with Crippen LogP contribution in [0.15, 0.2) is 44.7 Å². The van der Waals surface area contributed by atoms with Gasteiger partial charge in [0.15, 0.2) is 11.9 Å². The average molecular weight is 575 g/mol. The fourth-order valence-corrected chi connectivity index (χ4v) is 3.85. The molecule has 1 aromatic heterocycles. The summed E-state index contributed by atoms with van der Waals surface area (Å²) in [5.41, 5.74) is 0.0254. The van der Waals surface area contributed by atoms with Gasteiger partial charge < -0.3 is 14.2 Å². The first kappa shape index (κ1) is 27.8. The zero-order valence-electron chi connectivity index (χ0n) is 21.1. The number of fused-ring (bicyclic) bond motifs is 1. The number of carbonyl (C=O) groups is 1. The Hall–Kier alpha value is -3.80. The van der Waals surface area contributed by atoms with Crippen molar-refractivity contribution >= 4 is 44.7 Å². The predicted octanol–water partition coefficient (Wildman–Crippen LogP) is 4.80. The molecular weight excluding hydrogens is 548 g/mol. The number of nitro benzene ring substituents is 1. The van der Waals surface area contributed by atoms with Gasteiger partial charge in [-0.1, -0.05) is 29.8 Å². The average Bonchev–Trinajstić information content (AvgIpc) is 2.88. The van der Waals surface area contributed by atoms with Crippen LogP contribution in [0, 0.1) is 10.1 Å². The van der Waals surface area contributed by atoms with E-state index >= 15 is 0 Å². The molecule has 0 spiro atoms. The van der Waals surface area contributed by atoms with E-state index in [-0.39, 0.29) is 35.1 Å². The predicted molar refractivity (Wildman–Crippen MR) is 142 cm³/mol. The number of esters is 1. The minimum atomic E-state index is -1.11. The molecule has 37 heavy (non-hydrogen) atoms. The van der Waals surface area contributed by atoms with Gasteiger partial charge >= 0.3 is 11.7 Å². The SMILES string of the molecule is CCOc1cc(C=Nn2c([C@@H](C)CC)nc3ccc(Br)cc3c2=O)cc([N+](=O)[O-])c1O[C@@H](C)C(=O)OC. The van der Waals surface area contributed by atoms with Crippen LogP contribution < -0.4 is 15.0 Å². The van der Waals surface area contributed by atoms with Gasteiger partial charge in [-0.2, -0.15) is 9.78 Å². The highest BCUT2D eigenvalue weighted by Gasteiger charge is 2.27. The van der Waals surface area contributed by atoms with Gasteiger partial charge in [0.05, 0.1) is 35.8 Å². The van der Waals surface area contributed by atoms with Crippen molar-refractivity contribution in [3.8, 4) is 11.5 Å². The molecule has 2 atom stereocenters. The highest BCUT2D eigenvalue weighted by Crippen LogP contribution is 2.39. The number of benzene rings is 2. The molecule has 0 aliphatic carbocycles. The first-order valence-electron chi connectivity index (χ1n) is 11.6. The van der Waals surface area contributed by atoms with Gasteiger partial charge in [0, 0.05) is 22.0 Å². The lowest BCUT2D eigenvalue weighted by Crippen LogP contribution is -2.25. The molecule has 3 rings (SSSR count). The maximum atomic E-state index is 13.3. The van der Waals surface area contributed by atoms with Gasteiger partial charge in [0.2, 0.25) is 5.75 Å². The van der Waals surface area contributed by atoms with Crippen LogP contribution in [0.3, 0.4) is 0 Å². The zero-order chi connectivity index (χ0) is 27.3. The summed E-state index contributed by atoms with van der Waals surface area (Å²) in [5.74, 6) is -0.484. The number of aromatic nitrogens is 2. The number of hydrogen-bond donors (Lipinski definition) is 0. The van der Waals surface area contributed by atoms with Gasteiger partial charge in [-0.05, 0) is 44.5 Å². The highest BCUT2D eigenvalue weighted by atomic mass is 79.9. The lowest BCUT2D eigenvalue weighted by atomic mass is 10.1. The van der Waals surface area contributed by atoms with Crippen LogP contribution in [0.5, 0.6) is 11.5 Å². The minimum Gasteiger partial charge on any atom is -0.490 e. The number of methoxy groups -OCH3 is 1. The van der Waals surface area contributed by atoms with E-state index in [4.69, 9.17) is 9.47 Å². The van der Waals surface area contributed by atoms with Gasteiger partial charge in [0.1, 0.15) is 5.82 Å². The summed E-state index contributed by atoms with van der Waals surface area (Å²) in [7, 11) is 1.19. The fourth-order valence-electron chi connectivity index (χ4n) is 3.49. The lowest BCUT2D eigenvalue weighted by molar-refractivity contribution is -0.386. The van der Waals surface area contributed by atoms with E-state index in [1.54, 1.807) is 19.1 Å². The molecule has 196 valence electrons. The van der Waals surface area contributed by atoms with E-state index in [9.17, 15) is 19.7 Å². The summed E-state index contributed by atoms with van der Waals surface area (Å²) in [4.78, 5) is 41.1. The van der Waals surface area contributed by atoms with Gasteiger partial charge in [0.25, 0.3) is 5.56 Å². The molecule has 0 amide bonds. The third-order valence-corrected chi connectivity index (χ3v) is 6.08. The van der Waals surface area contributed by atoms with Crippen molar-refractivity contribution < 1.29 is 23.9 Å². The molecule has 0 radical (unpaired) electrons. The number of rotatable bonds is 10. The lowest BCUT2D eigenvalue weighted by Gasteiger charge is -2.16. The van der Waals surface area contributed by atoms with E-state index in [1.807, 2.05) is 19.9 Å². The number of nitrogens with zero attached hydrogens (tertiary/aromatic N) is 4. The zero-order valence-corrected chi connectivity index (χ0v) is 22.6. The Morgan fingerprint density at radius 2 is 2.00 bits per heavy atom. The second kappa shape index (κ2) is 12.0. The Labute approximate surface area is 221 Å². The Balaban J connectivity index is 2.17. The maximum absolute atomic E-state index is 13.3. The van der Waals surface area contributed by atoms with Crippen LogP contribution in [0.4, 0.5) is 5.69 Å². The molecule has 1 heterocycles. The summed E-state index contributed by atoms with van der Waals surface area (Å²) in [6.45, 7) is 7.21. The van der Waals surface area contributed by atoms with Crippen molar-refractivity contribution in [2.75, 3.05) is 13.7 Å². The van der Waals surface area contributed by atoms with Crippen LogP contribution in [-0.2, 0) is 9.53 Å². The first-order valence-corrected chi connectivity index (χ1v) is 12.4. The summed E-state index contributed by atoms with van der Waals surface area (Å²) in [5, 5.41) is 16.6. The molecule has 12 heteroatoms. The van der Waals surface area contributed by atoms with E-state index in [2.05, 4.69) is 30.8 Å². The number of hydrogen-bond acceptors (Lipinski definition) is 9. The standard InChI is InChI=1S/C25H27BrN4O7/c1-6-14(3)23-28-19-9-8-17(26)12-18(19)24(31)29(23)27-13-16-10-20(30(33)34)22(21(11-16)36-7-2)37-15(4)25(32)35-5/h8-15H,6-7H2,1-5H3/t14-,15-/m0/s1. The quantitative estimate of drug-likeness (QED) is 0.146. The van der Waals surface area contributed by atoms with E-state index in [0.717, 1.165) is 4.47 Å². The molecular formula is C25H27BrN4O7. The Bertz CT molecular complexity index is 1420. The van der Waals surface area contributed by atoms with E-state index in [1.165, 1.54) is 37.1 Å². The van der Waals surface area contributed by atoms with Crippen molar-refractivity contribution in [2.45, 2.75) is 46.1 Å². The molecule has 0 fully saturated rings. The smallest absolute Gasteiger partial charge is 0.346 e. The monoisotopic (exact) mass is 574 g/mol. The highest BCUT2D eigenvalue weighted by molar-refractivity contribution is 9.10. The third kappa shape index (κ3) is 6.13. The summed E-state index contributed by atoms with van der Waals surface area (Å²) in [6, 6.07) is 7.95. The summed E-state index contributed by atoms with van der Waals surface area (Å²) >= 11 is 3.38.